The minimum atomic E-state index is -0.260. The van der Waals surface area contributed by atoms with Gasteiger partial charge in [-0.3, -0.25) is 14.5 Å². The van der Waals surface area contributed by atoms with E-state index in [2.05, 4.69) is 62.9 Å². The van der Waals surface area contributed by atoms with E-state index >= 15 is 0 Å². The first kappa shape index (κ1) is 23.1. The third kappa shape index (κ3) is 2.85. The SMILES string of the molecule is CC1(C)c2cccnc2N2c3sc(/C=C4/C(=O)c5cc6ccsc6cc5C4=O)cc3C(C)(C)c3cccc1c32. The summed E-state index contributed by atoms with van der Waals surface area (Å²) in [5, 5.41) is 4.09. The molecule has 0 saturated carbocycles. The number of carbonyl (C=O) groups is 2. The van der Waals surface area contributed by atoms with Crippen LogP contribution in [0.1, 0.15) is 75.5 Å². The number of para-hydroxylation sites is 1. The van der Waals surface area contributed by atoms with Gasteiger partial charge in [0.1, 0.15) is 10.8 Å². The van der Waals surface area contributed by atoms with E-state index in [4.69, 9.17) is 4.98 Å². The number of fused-ring (bicyclic) bond motifs is 6. The van der Waals surface area contributed by atoms with Crippen molar-refractivity contribution >= 4 is 66.9 Å². The number of rotatable bonds is 1. The van der Waals surface area contributed by atoms with Crippen LogP contribution >= 0.6 is 22.7 Å². The largest absolute Gasteiger partial charge is 0.288 e. The highest BCUT2D eigenvalue weighted by Gasteiger charge is 2.47. The maximum atomic E-state index is 13.4. The summed E-state index contributed by atoms with van der Waals surface area (Å²) >= 11 is 3.21. The van der Waals surface area contributed by atoms with Gasteiger partial charge in [0, 0.05) is 43.3 Å². The Balaban J connectivity index is 1.32. The summed E-state index contributed by atoms with van der Waals surface area (Å²) in [6.07, 6.45) is 3.66. The number of ketones is 2. The second-order valence-electron chi connectivity index (χ2n) is 11.6. The summed E-state index contributed by atoms with van der Waals surface area (Å²) in [6.45, 7) is 9.06. The van der Waals surface area contributed by atoms with Crippen LogP contribution in [-0.2, 0) is 10.8 Å². The Morgan fingerprint density at radius 3 is 2.28 bits per heavy atom. The van der Waals surface area contributed by atoms with Crippen LogP contribution in [0.4, 0.5) is 16.5 Å². The molecule has 0 bridgehead atoms. The lowest BCUT2D eigenvalue weighted by molar-refractivity contribution is 0.0990. The zero-order chi connectivity index (χ0) is 26.8. The van der Waals surface area contributed by atoms with Crippen molar-refractivity contribution in [3.63, 3.8) is 0 Å². The highest BCUT2D eigenvalue weighted by Crippen LogP contribution is 2.61. The van der Waals surface area contributed by atoms with Gasteiger partial charge < -0.3 is 0 Å². The van der Waals surface area contributed by atoms with Crippen LogP contribution in [0.3, 0.4) is 0 Å². The van der Waals surface area contributed by atoms with Gasteiger partial charge in [-0.15, -0.1) is 22.7 Å². The molecule has 3 aliphatic rings. The van der Waals surface area contributed by atoms with Crippen molar-refractivity contribution in [3.8, 4) is 0 Å². The van der Waals surface area contributed by atoms with Gasteiger partial charge in [0.05, 0.1) is 11.3 Å². The first-order valence-corrected chi connectivity index (χ1v) is 14.7. The fourth-order valence-corrected chi connectivity index (χ4v) is 8.67. The van der Waals surface area contributed by atoms with Crippen LogP contribution in [0.15, 0.2) is 71.7 Å². The van der Waals surface area contributed by atoms with Crippen molar-refractivity contribution in [1.82, 2.24) is 4.98 Å². The molecule has 0 radical (unpaired) electrons. The van der Waals surface area contributed by atoms with Gasteiger partial charge in [0.15, 0.2) is 11.6 Å². The maximum Gasteiger partial charge on any atom is 0.197 e. The molecular weight excluding hydrogens is 521 g/mol. The van der Waals surface area contributed by atoms with Crippen LogP contribution in [0, 0.1) is 0 Å². The second kappa shape index (κ2) is 7.40. The quantitative estimate of drug-likeness (QED) is 0.157. The average molecular weight is 545 g/mol. The summed E-state index contributed by atoms with van der Waals surface area (Å²) in [5.74, 6) is 0.569. The van der Waals surface area contributed by atoms with Gasteiger partial charge in [-0.1, -0.05) is 52.0 Å². The monoisotopic (exact) mass is 544 g/mol. The fraction of sp³-hybridized carbons (Fsp3) is 0.182. The van der Waals surface area contributed by atoms with Crippen molar-refractivity contribution in [2.45, 2.75) is 38.5 Å². The molecule has 39 heavy (non-hydrogen) atoms. The van der Waals surface area contributed by atoms with Gasteiger partial charge in [-0.05, 0) is 63.9 Å². The number of thiophene rings is 2. The molecule has 2 aromatic carbocycles. The van der Waals surface area contributed by atoms with Gasteiger partial charge in [-0.2, -0.15) is 0 Å². The third-order valence-electron chi connectivity index (χ3n) is 8.74. The summed E-state index contributed by atoms with van der Waals surface area (Å²) in [4.78, 5) is 35.0. The van der Waals surface area contributed by atoms with Crippen LogP contribution < -0.4 is 4.90 Å². The Morgan fingerprint density at radius 2 is 1.51 bits per heavy atom. The molecule has 4 nitrogen and oxygen atoms in total. The van der Waals surface area contributed by atoms with Gasteiger partial charge >= 0.3 is 0 Å². The predicted octanol–water partition coefficient (Wildman–Crippen LogP) is 8.57. The Bertz CT molecular complexity index is 1920. The van der Waals surface area contributed by atoms with E-state index in [-0.39, 0.29) is 28.0 Å². The minimum absolute atomic E-state index is 0.187. The first-order chi connectivity index (χ1) is 18.7. The maximum absolute atomic E-state index is 13.4. The molecule has 0 saturated heterocycles. The van der Waals surface area contributed by atoms with E-state index < -0.39 is 0 Å². The molecular formula is C33H24N2O2S2. The molecule has 0 spiro atoms. The zero-order valence-electron chi connectivity index (χ0n) is 22.0. The summed E-state index contributed by atoms with van der Waals surface area (Å²) in [6, 6.07) is 18.7. The topological polar surface area (TPSA) is 50.3 Å². The second-order valence-corrected chi connectivity index (χ2v) is 13.6. The lowest BCUT2D eigenvalue weighted by Gasteiger charge is -2.47. The highest BCUT2D eigenvalue weighted by atomic mass is 32.1. The zero-order valence-corrected chi connectivity index (χ0v) is 23.6. The number of pyridine rings is 1. The van der Waals surface area contributed by atoms with Gasteiger partial charge in [-0.25, -0.2) is 4.98 Å². The molecule has 0 fully saturated rings. The number of anilines is 3. The summed E-state index contributed by atoms with van der Waals surface area (Å²) < 4.78 is 1.03. The van der Waals surface area contributed by atoms with Crippen LogP contribution in [0.5, 0.6) is 0 Å². The molecule has 0 N–H and O–H groups in total. The van der Waals surface area contributed by atoms with Gasteiger partial charge in [0.2, 0.25) is 0 Å². The van der Waals surface area contributed by atoms with E-state index in [1.807, 2.05) is 35.8 Å². The van der Waals surface area contributed by atoms with Crippen LogP contribution in [-0.4, -0.2) is 16.6 Å². The molecule has 5 aromatic rings. The van der Waals surface area contributed by atoms with Crippen LogP contribution in [0.2, 0.25) is 0 Å². The predicted molar refractivity (Wildman–Crippen MR) is 160 cm³/mol. The third-order valence-corrected chi connectivity index (χ3v) is 10.7. The molecule has 8 rings (SSSR count). The molecule has 1 aliphatic carbocycles. The van der Waals surface area contributed by atoms with E-state index in [0.29, 0.717) is 11.1 Å². The number of Topliss-reactive ketones (excluding diaryl/α,β-unsaturated/α-hetero) is 2. The normalized spacial score (nSPS) is 18.8. The van der Waals surface area contributed by atoms with Crippen molar-refractivity contribution in [1.29, 1.82) is 0 Å². The summed E-state index contributed by atoms with van der Waals surface area (Å²) in [5.41, 5.74) is 6.92. The smallest absolute Gasteiger partial charge is 0.197 e. The Labute approximate surface area is 234 Å². The van der Waals surface area contributed by atoms with E-state index in [1.54, 1.807) is 28.7 Å². The molecule has 190 valence electrons. The van der Waals surface area contributed by atoms with Gasteiger partial charge in [0.25, 0.3) is 0 Å². The fourth-order valence-electron chi connectivity index (χ4n) is 6.59. The number of nitrogens with zero attached hydrogens (tertiary/aromatic N) is 2. The van der Waals surface area contributed by atoms with E-state index in [1.165, 1.54) is 27.9 Å². The lowest BCUT2D eigenvalue weighted by atomic mass is 9.68. The number of hydrogen-bond acceptors (Lipinski definition) is 6. The molecule has 6 heteroatoms. The van der Waals surface area contributed by atoms with Crippen molar-refractivity contribution in [2.75, 3.05) is 4.90 Å². The Morgan fingerprint density at radius 1 is 0.821 bits per heavy atom. The van der Waals surface area contributed by atoms with E-state index in [0.717, 1.165) is 25.8 Å². The van der Waals surface area contributed by atoms with Crippen LogP contribution in [0.25, 0.3) is 16.2 Å². The highest BCUT2D eigenvalue weighted by molar-refractivity contribution is 7.17. The molecule has 0 amide bonds. The molecule has 0 unspecified atom stereocenters. The van der Waals surface area contributed by atoms with Crippen molar-refractivity contribution in [2.24, 2.45) is 0 Å². The molecule has 5 heterocycles. The van der Waals surface area contributed by atoms with Crippen molar-refractivity contribution < 1.29 is 9.59 Å². The lowest BCUT2D eigenvalue weighted by Crippen LogP contribution is -2.37. The van der Waals surface area contributed by atoms with E-state index in [9.17, 15) is 9.59 Å². The molecule has 0 atom stereocenters. The minimum Gasteiger partial charge on any atom is -0.288 e. The van der Waals surface area contributed by atoms with Crippen molar-refractivity contribution in [3.05, 3.63) is 110 Å². The molecule has 2 aliphatic heterocycles. The number of hydrogen-bond donors (Lipinski definition) is 0. The summed E-state index contributed by atoms with van der Waals surface area (Å²) in [7, 11) is 0. The number of allylic oxidation sites excluding steroid dienone is 1. The Kier molecular flexibility index (Phi) is 4.38. The Hall–Kier alpha value is -3.87. The number of carbonyl (C=O) groups excluding carboxylic acids is 2. The number of aromatic nitrogens is 1. The number of benzene rings is 2. The molecule has 3 aromatic heterocycles. The standard InChI is InChI=1S/C33H24N2O2S2/c1-32(2)22-7-5-8-23-27(22)35(30-24(32)9-6-11-34-30)31-25(33(23,3)4)15-18(39-31)14-21-28(36)19-13-17-10-12-38-26(17)16-20(19)29(21)37/h5-16H,1-4H3/b21-14-. The average Bonchev–Trinajstić information content (AvgIpc) is 3.62. The first-order valence-electron chi connectivity index (χ1n) is 13.0.